The smallest absolute Gasteiger partial charge is 0.251 e. The van der Waals surface area contributed by atoms with Crippen LogP contribution in [0.1, 0.15) is 13.8 Å². The molecule has 0 radical (unpaired) electrons. The monoisotopic (exact) mass is 263 g/mol. The van der Waals surface area contributed by atoms with Gasteiger partial charge in [-0.1, -0.05) is 0 Å². The summed E-state index contributed by atoms with van der Waals surface area (Å²) in [5.74, 6) is -0.157. The van der Waals surface area contributed by atoms with Crippen molar-refractivity contribution in [2.45, 2.75) is 25.9 Å². The normalized spacial score (nSPS) is 22.5. The third kappa shape index (κ3) is 1.89. The van der Waals surface area contributed by atoms with E-state index in [9.17, 15) is 9.18 Å². The maximum atomic E-state index is 13.5. The van der Waals surface area contributed by atoms with Gasteiger partial charge in [-0.3, -0.25) is 4.79 Å². The Hall–Kier alpha value is -1.62. The Balaban J connectivity index is 2.14. The molecule has 3 rings (SSSR count). The lowest BCUT2D eigenvalue weighted by Gasteiger charge is -2.46. The molecule has 2 heterocycles. The molecule has 1 saturated heterocycles. The zero-order valence-electron chi connectivity index (χ0n) is 11.2. The summed E-state index contributed by atoms with van der Waals surface area (Å²) in [5.41, 5.74) is 1.65. The van der Waals surface area contributed by atoms with E-state index < -0.39 is 0 Å². The van der Waals surface area contributed by atoms with Gasteiger partial charge in [-0.2, -0.15) is 0 Å². The molecular formula is C14H18FN3O. The summed E-state index contributed by atoms with van der Waals surface area (Å²) >= 11 is 0. The molecule has 1 fully saturated rings. The highest BCUT2D eigenvalue weighted by Gasteiger charge is 2.40. The van der Waals surface area contributed by atoms with Crippen LogP contribution in [-0.2, 0) is 4.79 Å². The first-order valence-corrected chi connectivity index (χ1v) is 6.69. The van der Waals surface area contributed by atoms with E-state index in [1.165, 1.54) is 12.1 Å². The van der Waals surface area contributed by atoms with E-state index in [1.54, 1.807) is 11.0 Å². The number of fused-ring (bicyclic) bond motifs is 3. The van der Waals surface area contributed by atoms with Gasteiger partial charge in [0.25, 0.3) is 5.91 Å². The van der Waals surface area contributed by atoms with Crippen LogP contribution in [0.3, 0.4) is 0 Å². The zero-order chi connectivity index (χ0) is 13.6. The van der Waals surface area contributed by atoms with Crippen LogP contribution in [0.4, 0.5) is 15.8 Å². The quantitative estimate of drug-likeness (QED) is 0.831. The molecule has 0 saturated carbocycles. The molecule has 1 unspecified atom stereocenters. The predicted molar refractivity (Wildman–Crippen MR) is 73.0 cm³/mol. The standard InChI is InChI=1S/C14H18FN3O/c1-9(2)18-11-4-3-10(15)7-12(11)17-6-5-16-8-13(17)14(18)19/h3-4,7,9,13,16H,5-6,8H2,1-2H3. The zero-order valence-corrected chi connectivity index (χ0v) is 11.2. The first-order valence-electron chi connectivity index (χ1n) is 6.69. The molecule has 102 valence electrons. The van der Waals surface area contributed by atoms with Gasteiger partial charge in [0.05, 0.1) is 11.4 Å². The number of piperazine rings is 1. The van der Waals surface area contributed by atoms with Gasteiger partial charge in [0.15, 0.2) is 0 Å². The van der Waals surface area contributed by atoms with Gasteiger partial charge in [0.2, 0.25) is 0 Å². The van der Waals surface area contributed by atoms with Crippen molar-refractivity contribution in [3.8, 4) is 0 Å². The minimum absolute atomic E-state index is 0.0702. The van der Waals surface area contributed by atoms with Gasteiger partial charge in [0, 0.05) is 25.7 Å². The van der Waals surface area contributed by atoms with Crippen LogP contribution in [0.2, 0.25) is 0 Å². The highest BCUT2D eigenvalue weighted by atomic mass is 19.1. The van der Waals surface area contributed by atoms with E-state index in [1.807, 2.05) is 18.7 Å². The number of hydrogen-bond donors (Lipinski definition) is 1. The summed E-state index contributed by atoms with van der Waals surface area (Å²) in [6, 6.07) is 4.52. The van der Waals surface area contributed by atoms with Gasteiger partial charge >= 0.3 is 0 Å². The molecule has 4 nitrogen and oxygen atoms in total. The summed E-state index contributed by atoms with van der Waals surface area (Å²) in [6.07, 6.45) is 0. The number of nitrogens with one attached hydrogen (secondary N) is 1. The van der Waals surface area contributed by atoms with Crippen molar-refractivity contribution >= 4 is 17.3 Å². The van der Waals surface area contributed by atoms with Crippen molar-refractivity contribution < 1.29 is 9.18 Å². The molecule has 1 aromatic carbocycles. The fourth-order valence-corrected chi connectivity index (χ4v) is 2.96. The van der Waals surface area contributed by atoms with Gasteiger partial charge in [-0.05, 0) is 32.0 Å². The summed E-state index contributed by atoms with van der Waals surface area (Å²) in [7, 11) is 0. The first kappa shape index (κ1) is 12.4. The van der Waals surface area contributed by atoms with Gasteiger partial charge in [-0.15, -0.1) is 0 Å². The number of benzene rings is 1. The number of hydrogen-bond acceptors (Lipinski definition) is 3. The Kier molecular flexibility index (Phi) is 2.93. The maximum absolute atomic E-state index is 13.5. The number of halogens is 1. The van der Waals surface area contributed by atoms with Gasteiger partial charge < -0.3 is 15.1 Å². The second kappa shape index (κ2) is 4.49. The molecule has 1 amide bonds. The van der Waals surface area contributed by atoms with Crippen LogP contribution in [0, 0.1) is 5.82 Å². The molecular weight excluding hydrogens is 245 g/mol. The Bertz CT molecular complexity index is 517. The minimum atomic E-state index is -0.255. The lowest BCUT2D eigenvalue weighted by molar-refractivity contribution is -0.120. The average molecular weight is 263 g/mol. The molecule has 0 spiro atoms. The van der Waals surface area contributed by atoms with Crippen LogP contribution in [0.25, 0.3) is 0 Å². The Morgan fingerprint density at radius 1 is 1.37 bits per heavy atom. The molecule has 1 aromatic rings. The number of nitrogens with zero attached hydrogens (tertiary/aromatic N) is 2. The number of amides is 1. The summed E-state index contributed by atoms with van der Waals surface area (Å²) < 4.78 is 13.5. The van der Waals surface area contributed by atoms with Gasteiger partial charge in [-0.25, -0.2) is 4.39 Å². The Morgan fingerprint density at radius 2 is 2.16 bits per heavy atom. The SMILES string of the molecule is CC(C)N1C(=O)C2CNCCN2c2cc(F)ccc21. The van der Waals surface area contributed by atoms with E-state index in [4.69, 9.17) is 0 Å². The third-order valence-electron chi connectivity index (χ3n) is 3.79. The molecule has 0 aliphatic carbocycles. The second-order valence-electron chi connectivity index (χ2n) is 5.35. The van der Waals surface area contributed by atoms with Crippen molar-refractivity contribution in [2.24, 2.45) is 0 Å². The molecule has 19 heavy (non-hydrogen) atoms. The summed E-state index contributed by atoms with van der Waals surface area (Å²) in [4.78, 5) is 16.4. The lowest BCUT2D eigenvalue weighted by atomic mass is 10.0. The predicted octanol–water partition coefficient (Wildman–Crippen LogP) is 1.36. The molecule has 0 aromatic heterocycles. The van der Waals surface area contributed by atoms with E-state index in [0.29, 0.717) is 6.54 Å². The minimum Gasteiger partial charge on any atom is -0.355 e. The second-order valence-corrected chi connectivity index (χ2v) is 5.35. The number of carbonyl (C=O) groups is 1. The number of carbonyl (C=O) groups excluding carboxylic acids is 1. The fraction of sp³-hybridized carbons (Fsp3) is 0.500. The molecule has 0 bridgehead atoms. The molecule has 2 aliphatic heterocycles. The van der Waals surface area contributed by atoms with Crippen molar-refractivity contribution in [3.63, 3.8) is 0 Å². The Labute approximate surface area is 112 Å². The van der Waals surface area contributed by atoms with E-state index >= 15 is 0 Å². The lowest BCUT2D eigenvalue weighted by Crippen LogP contribution is -2.63. The van der Waals surface area contributed by atoms with E-state index in [-0.39, 0.29) is 23.8 Å². The molecule has 2 aliphatic rings. The molecule has 5 heteroatoms. The molecule has 1 atom stereocenters. The maximum Gasteiger partial charge on any atom is 0.251 e. The Morgan fingerprint density at radius 3 is 2.89 bits per heavy atom. The van der Waals surface area contributed by atoms with E-state index in [0.717, 1.165) is 24.5 Å². The van der Waals surface area contributed by atoms with Crippen molar-refractivity contribution in [2.75, 3.05) is 29.4 Å². The topological polar surface area (TPSA) is 35.6 Å². The van der Waals surface area contributed by atoms with Crippen molar-refractivity contribution in [1.29, 1.82) is 0 Å². The van der Waals surface area contributed by atoms with Crippen LogP contribution in [-0.4, -0.2) is 37.6 Å². The number of anilines is 2. The fourth-order valence-electron chi connectivity index (χ4n) is 2.96. The van der Waals surface area contributed by atoms with Crippen LogP contribution in [0.5, 0.6) is 0 Å². The number of rotatable bonds is 1. The van der Waals surface area contributed by atoms with Gasteiger partial charge in [0.1, 0.15) is 11.9 Å². The highest BCUT2D eigenvalue weighted by Crippen LogP contribution is 2.38. The largest absolute Gasteiger partial charge is 0.355 e. The van der Waals surface area contributed by atoms with Crippen LogP contribution in [0.15, 0.2) is 18.2 Å². The van der Waals surface area contributed by atoms with Crippen molar-refractivity contribution in [1.82, 2.24) is 5.32 Å². The average Bonchev–Trinajstić information content (AvgIpc) is 2.39. The van der Waals surface area contributed by atoms with Crippen LogP contribution < -0.4 is 15.1 Å². The van der Waals surface area contributed by atoms with Crippen molar-refractivity contribution in [3.05, 3.63) is 24.0 Å². The highest BCUT2D eigenvalue weighted by molar-refractivity contribution is 6.06. The van der Waals surface area contributed by atoms with Crippen LogP contribution >= 0.6 is 0 Å². The summed E-state index contributed by atoms with van der Waals surface area (Å²) in [5, 5.41) is 3.24. The summed E-state index contributed by atoms with van der Waals surface area (Å²) in [6.45, 7) is 6.14. The van der Waals surface area contributed by atoms with E-state index in [2.05, 4.69) is 5.32 Å². The first-order chi connectivity index (χ1) is 9.09. The third-order valence-corrected chi connectivity index (χ3v) is 3.79. The molecule has 1 N–H and O–H groups in total.